The molecule has 2 aromatic rings. The number of alkyl halides is 3. The van der Waals surface area contributed by atoms with E-state index in [9.17, 15) is 22.8 Å². The summed E-state index contributed by atoms with van der Waals surface area (Å²) in [4.78, 5) is 24.6. The van der Waals surface area contributed by atoms with Crippen LogP contribution in [0.25, 0.3) is 0 Å². The zero-order valence-corrected chi connectivity index (χ0v) is 14.0. The predicted molar refractivity (Wildman–Crippen MR) is 93.6 cm³/mol. The van der Waals surface area contributed by atoms with Gasteiger partial charge in [0.2, 0.25) is 5.91 Å². The lowest BCUT2D eigenvalue weighted by Crippen LogP contribution is -2.51. The Balaban J connectivity index is 1.94. The molecule has 3 rings (SSSR count). The average molecular weight is 375 g/mol. The molecule has 0 saturated carbocycles. The average Bonchev–Trinajstić information content (AvgIpc) is 2.61. The number of hydrogen-bond acceptors (Lipinski definition) is 2. The lowest BCUT2D eigenvalue weighted by Gasteiger charge is -2.34. The van der Waals surface area contributed by atoms with Gasteiger partial charge in [0.1, 0.15) is 5.92 Å². The second-order valence-corrected chi connectivity index (χ2v) is 6.06. The van der Waals surface area contributed by atoms with Gasteiger partial charge in [-0.25, -0.2) is 4.79 Å². The molecule has 1 saturated heterocycles. The van der Waals surface area contributed by atoms with E-state index >= 15 is 0 Å². The van der Waals surface area contributed by atoms with Gasteiger partial charge >= 0.3 is 12.2 Å². The van der Waals surface area contributed by atoms with E-state index in [0.717, 1.165) is 12.1 Å². The monoisotopic (exact) mass is 375 g/mol. The minimum absolute atomic E-state index is 0.106. The minimum Gasteiger partial charge on any atom is -0.330 e. The van der Waals surface area contributed by atoms with Crippen LogP contribution in [0.2, 0.25) is 0 Å². The molecule has 1 heterocycles. The topological polar surface area (TPSA) is 70.2 Å². The molecule has 1 aliphatic rings. The smallest absolute Gasteiger partial charge is 0.330 e. The van der Waals surface area contributed by atoms with Crippen LogP contribution >= 0.6 is 0 Å². The van der Waals surface area contributed by atoms with Crippen molar-refractivity contribution in [3.8, 4) is 0 Å². The van der Waals surface area contributed by atoms with Crippen molar-refractivity contribution < 1.29 is 22.8 Å². The number of carbonyl (C=O) groups is 2. The molecule has 0 unspecified atom stereocenters. The predicted octanol–water partition coefficient (Wildman–Crippen LogP) is 3.83. The van der Waals surface area contributed by atoms with Crippen molar-refractivity contribution in [1.82, 2.24) is 10.6 Å². The summed E-state index contributed by atoms with van der Waals surface area (Å²) in [5.41, 5.74) is -0.0702. The van der Waals surface area contributed by atoms with E-state index in [1.54, 1.807) is 30.3 Å². The molecule has 5 nitrogen and oxygen atoms in total. The Labute approximate surface area is 153 Å². The number of carbonyl (C=O) groups excluding carboxylic acids is 2. The van der Waals surface area contributed by atoms with Gasteiger partial charge in [0.25, 0.3) is 0 Å². The van der Waals surface area contributed by atoms with Gasteiger partial charge in [-0.15, -0.1) is 0 Å². The third-order valence-electron chi connectivity index (χ3n) is 4.17. The summed E-state index contributed by atoms with van der Waals surface area (Å²) < 4.78 is 39.1. The standard InChI is InChI=1S/C19H16F3N3O2/c1-11-15(17(26)24-14-8-3-2-4-9-14)16(25-18(27)23-11)12-6-5-7-13(10-12)19(20,21)22/h2-10,15-16H,1H2,(H,24,26)(H2,23,25,27)/t15-,16+/m1/s1. The molecule has 8 heteroatoms. The number of urea groups is 1. The summed E-state index contributed by atoms with van der Waals surface area (Å²) in [6.07, 6.45) is -4.54. The number of para-hydroxylation sites is 1. The van der Waals surface area contributed by atoms with Crippen LogP contribution in [-0.2, 0) is 11.0 Å². The van der Waals surface area contributed by atoms with Crippen LogP contribution in [0, 0.1) is 5.92 Å². The number of halogens is 3. The maximum absolute atomic E-state index is 13.0. The first-order chi connectivity index (χ1) is 12.8. The molecule has 0 aliphatic carbocycles. The number of anilines is 1. The highest BCUT2D eigenvalue weighted by Crippen LogP contribution is 2.35. The maximum atomic E-state index is 13.0. The van der Waals surface area contributed by atoms with Gasteiger partial charge in [0, 0.05) is 11.4 Å². The first kappa shape index (κ1) is 18.5. The van der Waals surface area contributed by atoms with Crippen LogP contribution in [0.15, 0.2) is 66.9 Å². The van der Waals surface area contributed by atoms with E-state index in [0.29, 0.717) is 5.69 Å². The van der Waals surface area contributed by atoms with Crippen LogP contribution in [0.1, 0.15) is 17.2 Å². The van der Waals surface area contributed by atoms with Crippen molar-refractivity contribution in [3.63, 3.8) is 0 Å². The molecular weight excluding hydrogens is 359 g/mol. The second-order valence-electron chi connectivity index (χ2n) is 6.06. The van der Waals surface area contributed by atoms with Gasteiger partial charge in [-0.05, 0) is 29.8 Å². The molecule has 2 atom stereocenters. The Kier molecular flexibility index (Phi) is 4.89. The fourth-order valence-corrected chi connectivity index (χ4v) is 2.92. The molecule has 0 bridgehead atoms. The molecule has 3 amide bonds. The van der Waals surface area contributed by atoms with Gasteiger partial charge in [0.15, 0.2) is 0 Å². The van der Waals surface area contributed by atoms with E-state index < -0.39 is 35.6 Å². The molecule has 3 N–H and O–H groups in total. The highest BCUT2D eigenvalue weighted by molar-refractivity contribution is 5.97. The Hall–Kier alpha value is -3.29. The second kappa shape index (κ2) is 7.14. The van der Waals surface area contributed by atoms with Gasteiger partial charge in [-0.3, -0.25) is 4.79 Å². The molecule has 0 aromatic heterocycles. The third kappa shape index (κ3) is 4.11. The van der Waals surface area contributed by atoms with E-state index in [-0.39, 0.29) is 11.3 Å². The van der Waals surface area contributed by atoms with Crippen LogP contribution < -0.4 is 16.0 Å². The number of nitrogens with one attached hydrogen (secondary N) is 3. The first-order valence-electron chi connectivity index (χ1n) is 8.05. The first-order valence-corrected chi connectivity index (χ1v) is 8.05. The summed E-state index contributed by atoms with van der Waals surface area (Å²) in [5.74, 6) is -1.49. The molecule has 27 heavy (non-hydrogen) atoms. The van der Waals surface area contributed by atoms with E-state index in [1.165, 1.54) is 12.1 Å². The third-order valence-corrected chi connectivity index (χ3v) is 4.17. The van der Waals surface area contributed by atoms with Crippen LogP contribution in [-0.4, -0.2) is 11.9 Å². The van der Waals surface area contributed by atoms with Crippen molar-refractivity contribution in [2.45, 2.75) is 12.2 Å². The summed E-state index contributed by atoms with van der Waals surface area (Å²) in [5, 5.41) is 7.62. The summed E-state index contributed by atoms with van der Waals surface area (Å²) in [6, 6.07) is 11.5. The Bertz CT molecular complexity index is 881. The van der Waals surface area contributed by atoms with Gasteiger partial charge < -0.3 is 16.0 Å². The van der Waals surface area contributed by atoms with Crippen molar-refractivity contribution in [2.24, 2.45) is 5.92 Å². The van der Waals surface area contributed by atoms with E-state index in [4.69, 9.17) is 0 Å². The highest BCUT2D eigenvalue weighted by atomic mass is 19.4. The quantitative estimate of drug-likeness (QED) is 0.763. The van der Waals surface area contributed by atoms with Crippen LogP contribution in [0.3, 0.4) is 0 Å². The van der Waals surface area contributed by atoms with Gasteiger partial charge in [-0.1, -0.05) is 36.9 Å². The highest BCUT2D eigenvalue weighted by Gasteiger charge is 2.39. The SMILES string of the molecule is C=C1NC(=O)N[C@@H](c2cccc(C(F)(F)F)c2)[C@@H]1C(=O)Nc1ccccc1. The summed E-state index contributed by atoms with van der Waals surface area (Å²) in [7, 11) is 0. The fourth-order valence-electron chi connectivity index (χ4n) is 2.92. The number of rotatable bonds is 3. The number of amides is 3. The zero-order valence-electron chi connectivity index (χ0n) is 14.0. The normalized spacial score (nSPS) is 19.8. The largest absolute Gasteiger partial charge is 0.416 e. The van der Waals surface area contributed by atoms with E-state index in [1.807, 2.05) is 0 Å². The lowest BCUT2D eigenvalue weighted by atomic mass is 9.87. The molecule has 2 aromatic carbocycles. The molecule has 0 radical (unpaired) electrons. The van der Waals surface area contributed by atoms with Crippen LogP contribution in [0.5, 0.6) is 0 Å². The van der Waals surface area contributed by atoms with Gasteiger partial charge in [-0.2, -0.15) is 13.2 Å². The molecule has 140 valence electrons. The maximum Gasteiger partial charge on any atom is 0.416 e. The zero-order chi connectivity index (χ0) is 19.6. The molecule has 1 fully saturated rings. The molecular formula is C19H16F3N3O2. The number of benzene rings is 2. The van der Waals surface area contributed by atoms with Crippen molar-refractivity contribution in [3.05, 3.63) is 78.0 Å². The Morgan fingerprint density at radius 3 is 2.44 bits per heavy atom. The fraction of sp³-hybridized carbons (Fsp3) is 0.158. The minimum atomic E-state index is -4.54. The molecule has 0 spiro atoms. The number of hydrogen-bond donors (Lipinski definition) is 3. The Morgan fingerprint density at radius 1 is 1.07 bits per heavy atom. The Morgan fingerprint density at radius 2 is 1.78 bits per heavy atom. The van der Waals surface area contributed by atoms with Crippen LogP contribution in [0.4, 0.5) is 23.7 Å². The van der Waals surface area contributed by atoms with Crippen molar-refractivity contribution in [1.29, 1.82) is 0 Å². The summed E-state index contributed by atoms with van der Waals surface area (Å²) >= 11 is 0. The summed E-state index contributed by atoms with van der Waals surface area (Å²) in [6.45, 7) is 3.70. The van der Waals surface area contributed by atoms with Gasteiger partial charge in [0.05, 0.1) is 11.6 Å². The lowest BCUT2D eigenvalue weighted by molar-refractivity contribution is -0.137. The van der Waals surface area contributed by atoms with E-state index in [2.05, 4.69) is 22.5 Å². The van der Waals surface area contributed by atoms with Crippen molar-refractivity contribution in [2.75, 3.05) is 5.32 Å². The van der Waals surface area contributed by atoms with Crippen molar-refractivity contribution >= 4 is 17.6 Å². The molecule has 1 aliphatic heterocycles.